The van der Waals surface area contributed by atoms with Gasteiger partial charge in [-0.25, -0.2) is 14.5 Å². The van der Waals surface area contributed by atoms with Crippen molar-refractivity contribution in [2.24, 2.45) is 11.8 Å². The van der Waals surface area contributed by atoms with Crippen molar-refractivity contribution in [1.82, 2.24) is 10.2 Å². The number of rotatable bonds is 11. The van der Waals surface area contributed by atoms with E-state index in [0.717, 1.165) is 4.90 Å². The molecule has 0 bridgehead atoms. The lowest BCUT2D eigenvalue weighted by molar-refractivity contribution is -0.179. The summed E-state index contributed by atoms with van der Waals surface area (Å²) < 4.78 is 17.1. The molecular weight excluding hydrogens is 771 g/mol. The molecule has 1 spiro atoms. The molecule has 7 atom stereocenters. The highest BCUT2D eigenvalue weighted by molar-refractivity contribution is 6.24. The molecule has 2 fully saturated rings. The van der Waals surface area contributed by atoms with Crippen molar-refractivity contribution >= 4 is 35.5 Å². The number of fused-ring (bicyclic) bond motifs is 3. The van der Waals surface area contributed by atoms with Crippen LogP contribution in [-0.4, -0.2) is 89.1 Å². The molecule has 4 aromatic rings. The van der Waals surface area contributed by atoms with Crippen molar-refractivity contribution in [3.8, 4) is 17.6 Å². The number of esters is 2. The summed E-state index contributed by atoms with van der Waals surface area (Å²) in [6.07, 6.45) is -0.863. The zero-order valence-electron chi connectivity index (χ0n) is 33.2. The molecular formula is C46H45N3O11. The van der Waals surface area contributed by atoms with E-state index in [4.69, 9.17) is 14.2 Å². The highest BCUT2D eigenvalue weighted by atomic mass is 16.6. The maximum atomic E-state index is 16.0. The molecule has 7 rings (SSSR count). The highest BCUT2D eigenvalue weighted by Gasteiger charge is 2.76. The molecule has 3 aliphatic heterocycles. The number of nitrogens with one attached hydrogen (secondary N) is 1. The number of benzene rings is 4. The van der Waals surface area contributed by atoms with E-state index >= 15 is 4.79 Å². The monoisotopic (exact) mass is 815 g/mol. The van der Waals surface area contributed by atoms with Gasteiger partial charge in [0.1, 0.15) is 41.9 Å². The zero-order valence-corrected chi connectivity index (χ0v) is 33.2. The van der Waals surface area contributed by atoms with Gasteiger partial charge in [-0.15, -0.1) is 0 Å². The number of aliphatic hydroxyl groups excluding tert-OH is 2. The number of hydrogen-bond acceptors (Lipinski definition) is 11. The van der Waals surface area contributed by atoms with Gasteiger partial charge < -0.3 is 34.8 Å². The number of amides is 3. The molecule has 3 aliphatic rings. The number of aliphatic hydroxyl groups is 2. The van der Waals surface area contributed by atoms with Gasteiger partial charge in [0, 0.05) is 12.0 Å². The predicted molar refractivity (Wildman–Crippen MR) is 216 cm³/mol. The summed E-state index contributed by atoms with van der Waals surface area (Å²) in [4.78, 5) is 75.1. The summed E-state index contributed by atoms with van der Waals surface area (Å²) in [6, 6.07) is 23.4. The third-order valence-corrected chi connectivity index (χ3v) is 11.3. The van der Waals surface area contributed by atoms with E-state index in [1.807, 2.05) is 36.4 Å². The van der Waals surface area contributed by atoms with Crippen LogP contribution in [0.5, 0.6) is 5.75 Å². The average Bonchev–Trinajstić information content (AvgIpc) is 3.71. The topological polar surface area (TPSA) is 192 Å². The predicted octanol–water partition coefficient (Wildman–Crippen LogP) is 4.45. The molecule has 60 heavy (non-hydrogen) atoms. The van der Waals surface area contributed by atoms with Gasteiger partial charge in [0.2, 0.25) is 5.91 Å². The number of anilines is 1. The summed E-state index contributed by atoms with van der Waals surface area (Å²) >= 11 is 0. The largest absolute Gasteiger partial charge is 0.491 e. The minimum absolute atomic E-state index is 0.0191. The molecule has 4 aromatic carbocycles. The van der Waals surface area contributed by atoms with Crippen molar-refractivity contribution in [2.75, 3.05) is 31.8 Å². The fourth-order valence-electron chi connectivity index (χ4n) is 8.95. The summed E-state index contributed by atoms with van der Waals surface area (Å²) in [6.45, 7) is 2.80. The first-order valence-corrected chi connectivity index (χ1v) is 19.6. The fraction of sp³-hybridized carbons (Fsp3) is 0.326. The van der Waals surface area contributed by atoms with Crippen LogP contribution in [0.3, 0.4) is 0 Å². The Labute approximate surface area is 346 Å². The van der Waals surface area contributed by atoms with Crippen LogP contribution in [-0.2, 0) is 34.1 Å². The lowest BCUT2D eigenvalue weighted by Gasteiger charge is -2.46. The second kappa shape index (κ2) is 17.4. The normalized spacial score (nSPS) is 23.6. The second-order valence-corrected chi connectivity index (χ2v) is 15.1. The van der Waals surface area contributed by atoms with Crippen molar-refractivity contribution < 1.29 is 53.5 Å². The quantitative estimate of drug-likeness (QED) is 0.123. The Hall–Kier alpha value is -6.53. The number of hydrogen-bond donors (Lipinski definition) is 4. The molecule has 4 N–H and O–H groups in total. The smallest absolute Gasteiger partial charge is 0.329 e. The summed E-state index contributed by atoms with van der Waals surface area (Å²) in [7, 11) is 1.18. The summed E-state index contributed by atoms with van der Waals surface area (Å²) in [5.74, 6) is -0.317. The average molecular weight is 816 g/mol. The Morgan fingerprint density at radius 1 is 0.867 bits per heavy atom. The van der Waals surface area contributed by atoms with Crippen molar-refractivity contribution in [3.05, 3.63) is 131 Å². The Kier molecular flexibility index (Phi) is 12.0. The Bertz CT molecular complexity index is 2340. The molecule has 2 saturated heterocycles. The standard InChI is InChI=1S/C46H45N3O11/c1-27(2)36(42(54)58-3)47-45(57)48-34-21-20-28(13-10-11-22-50)25-33(34)46(44(48)56)35(41(52)53)38-43(55)60-39(30-16-8-5-9-17-30)37(29-14-6-4-7-15-29)49(38)40(46)31-18-12-19-32(26-31)59-24-23-51/h4-9,12,14-21,25-27,35-40,50-51H,11,22-24H2,1-3H3,(H,47,57)(H,52,53)/t35-,36-,37-,38-,39+,40+,46-/m0/s1. The molecule has 14 heteroatoms. The van der Waals surface area contributed by atoms with Gasteiger partial charge >= 0.3 is 23.9 Å². The molecule has 0 radical (unpaired) electrons. The van der Waals surface area contributed by atoms with Gasteiger partial charge in [-0.2, -0.15) is 0 Å². The number of nitrogens with zero attached hydrogens (tertiary/aromatic N) is 2. The van der Waals surface area contributed by atoms with E-state index in [2.05, 4.69) is 17.2 Å². The second-order valence-electron chi connectivity index (χ2n) is 15.1. The number of carboxylic acid groups (broad SMARTS) is 1. The number of morpholine rings is 1. The molecule has 0 unspecified atom stereocenters. The number of methoxy groups -OCH3 is 1. The lowest BCUT2D eigenvalue weighted by Crippen LogP contribution is -2.56. The number of aliphatic carboxylic acids is 1. The number of carbonyl (C=O) groups is 5. The third kappa shape index (κ3) is 7.14. The molecule has 14 nitrogen and oxygen atoms in total. The van der Waals surface area contributed by atoms with E-state index in [0.29, 0.717) is 28.0 Å². The molecule has 0 saturated carbocycles. The van der Waals surface area contributed by atoms with Crippen LogP contribution in [0, 0.1) is 23.7 Å². The van der Waals surface area contributed by atoms with Crippen molar-refractivity contribution in [1.29, 1.82) is 0 Å². The van der Waals surface area contributed by atoms with Crippen LogP contribution in [0.4, 0.5) is 10.5 Å². The zero-order chi connectivity index (χ0) is 42.7. The third-order valence-electron chi connectivity index (χ3n) is 11.3. The van der Waals surface area contributed by atoms with E-state index in [-0.39, 0.29) is 37.5 Å². The number of ether oxygens (including phenoxy) is 3. The summed E-state index contributed by atoms with van der Waals surface area (Å²) in [5, 5.41) is 33.3. The number of cyclic esters (lactones) is 1. The molecule has 3 heterocycles. The van der Waals surface area contributed by atoms with Gasteiger partial charge in [0.15, 0.2) is 0 Å². The molecule has 0 aliphatic carbocycles. The Balaban J connectivity index is 1.56. The maximum Gasteiger partial charge on any atom is 0.329 e. The van der Waals surface area contributed by atoms with Crippen LogP contribution in [0.1, 0.15) is 66.3 Å². The lowest BCUT2D eigenvalue weighted by atomic mass is 9.65. The van der Waals surface area contributed by atoms with Crippen LogP contribution >= 0.6 is 0 Å². The van der Waals surface area contributed by atoms with Gasteiger partial charge in [-0.05, 0) is 58.5 Å². The highest BCUT2D eigenvalue weighted by Crippen LogP contribution is 2.66. The van der Waals surface area contributed by atoms with Crippen molar-refractivity contribution in [2.45, 2.75) is 56.0 Å². The van der Waals surface area contributed by atoms with E-state index < -0.39 is 77.4 Å². The van der Waals surface area contributed by atoms with E-state index in [9.17, 15) is 34.5 Å². The SMILES string of the molecule is COC(=O)[C@@H](NC(=O)N1C(=O)[C@@]2(c3cc(C#CCCO)ccc31)[C@H](C(=O)O)[C@H]1C(=O)O[C@H](c3ccccc3)[C@H](c3ccccc3)N1[C@@H]2c1cccc(OCCO)c1)C(C)C. The molecule has 0 aromatic heterocycles. The van der Waals surface area contributed by atoms with Gasteiger partial charge in [-0.1, -0.05) is 98.5 Å². The van der Waals surface area contributed by atoms with E-state index in [1.165, 1.54) is 13.2 Å². The van der Waals surface area contributed by atoms with Gasteiger partial charge in [0.25, 0.3) is 0 Å². The minimum atomic E-state index is -2.25. The first kappa shape index (κ1) is 41.6. The van der Waals surface area contributed by atoms with Crippen LogP contribution < -0.4 is 15.0 Å². The number of urea groups is 1. The number of carboxylic acids is 1. The molecule has 3 amide bonds. The number of carbonyl (C=O) groups excluding carboxylic acids is 4. The summed E-state index contributed by atoms with van der Waals surface area (Å²) in [5.41, 5.74) is -0.133. The Morgan fingerprint density at radius 3 is 2.18 bits per heavy atom. The van der Waals surface area contributed by atoms with Crippen LogP contribution in [0.25, 0.3) is 0 Å². The first-order chi connectivity index (χ1) is 29.0. The van der Waals surface area contributed by atoms with E-state index in [1.54, 1.807) is 79.4 Å². The van der Waals surface area contributed by atoms with Gasteiger partial charge in [-0.3, -0.25) is 19.3 Å². The molecule has 310 valence electrons. The van der Waals surface area contributed by atoms with Crippen molar-refractivity contribution in [3.63, 3.8) is 0 Å². The number of imide groups is 1. The Morgan fingerprint density at radius 2 is 1.55 bits per heavy atom. The minimum Gasteiger partial charge on any atom is -0.491 e. The van der Waals surface area contributed by atoms with Crippen LogP contribution in [0.2, 0.25) is 0 Å². The van der Waals surface area contributed by atoms with Gasteiger partial charge in [0.05, 0.1) is 38.1 Å². The maximum absolute atomic E-state index is 16.0. The fourth-order valence-corrected chi connectivity index (χ4v) is 8.95. The first-order valence-electron chi connectivity index (χ1n) is 19.6. The van der Waals surface area contributed by atoms with Crippen LogP contribution in [0.15, 0.2) is 103 Å².